The molecule has 0 fully saturated rings. The van der Waals surface area contributed by atoms with Crippen molar-refractivity contribution >= 4 is 17.9 Å². The van der Waals surface area contributed by atoms with Gasteiger partial charge in [0.15, 0.2) is 12.1 Å². The number of likely N-dealkylation sites (N-methyl/N-ethyl adjacent to an activating group) is 1. The number of esters is 2. The van der Waals surface area contributed by atoms with Gasteiger partial charge in [0.25, 0.3) is 0 Å². The van der Waals surface area contributed by atoms with Crippen LogP contribution in [-0.2, 0) is 28.6 Å². The van der Waals surface area contributed by atoms with Crippen LogP contribution >= 0.6 is 0 Å². The first-order chi connectivity index (χ1) is 28.1. The first-order valence-corrected chi connectivity index (χ1v) is 23.7. The number of hydrogen-bond acceptors (Lipinski definition) is 6. The second kappa shape index (κ2) is 41.0. The first-order valence-electron chi connectivity index (χ1n) is 23.7. The lowest BCUT2D eigenvalue weighted by atomic mass is 10.1. The van der Waals surface area contributed by atoms with Gasteiger partial charge >= 0.3 is 17.9 Å². The molecule has 0 aromatic carbocycles. The molecule has 1 N–H and O–H groups in total. The van der Waals surface area contributed by atoms with Crippen LogP contribution in [0, 0.1) is 0 Å². The standard InChI is InChI=1S/C50H89NO7/c1-6-8-10-12-14-16-18-20-22-23-24-25-27-29-31-33-35-37-39-41-49(53)58-46(44-56-43-42-47(50(54)55)51(3,4)5)45-57-48(52)40-38-36-34-32-30-28-26-21-19-17-15-13-11-9-7-2/h8,10,14,16-17,19-20,22,46-47H,6-7,9,11-13,15,18,21,23-45H2,1-5H3/p+1/b10-8+,16-14+,19-17+,22-20+. The van der Waals surface area contributed by atoms with Crippen molar-refractivity contribution in [2.75, 3.05) is 41.0 Å². The number of aliphatic carboxylic acids is 1. The maximum Gasteiger partial charge on any atom is 0.362 e. The Morgan fingerprint density at radius 2 is 0.966 bits per heavy atom. The fourth-order valence-electron chi connectivity index (χ4n) is 6.81. The van der Waals surface area contributed by atoms with Gasteiger partial charge in [0.05, 0.1) is 34.4 Å². The molecule has 0 aliphatic heterocycles. The largest absolute Gasteiger partial charge is 0.477 e. The Morgan fingerprint density at radius 1 is 0.534 bits per heavy atom. The normalized spacial score (nSPS) is 13.3. The molecule has 8 nitrogen and oxygen atoms in total. The Kier molecular flexibility index (Phi) is 39.1. The third-order valence-corrected chi connectivity index (χ3v) is 10.5. The van der Waals surface area contributed by atoms with Gasteiger partial charge in [-0.15, -0.1) is 0 Å². The van der Waals surface area contributed by atoms with Gasteiger partial charge in [0, 0.05) is 19.3 Å². The zero-order chi connectivity index (χ0) is 42.8. The summed E-state index contributed by atoms with van der Waals surface area (Å²) in [4.78, 5) is 37.1. The van der Waals surface area contributed by atoms with Crippen molar-refractivity contribution in [3.8, 4) is 0 Å². The van der Waals surface area contributed by atoms with E-state index in [9.17, 15) is 19.5 Å². The number of allylic oxidation sites excluding steroid dienone is 8. The molecular formula is C50H90NO7+. The first kappa shape index (κ1) is 55.3. The SMILES string of the molecule is CC/C=C/C/C=C/C/C=C/CCCCCCCCCCCC(=O)OC(COCCC(C(=O)O)[N+](C)(C)C)COC(=O)CCCCCCCCC/C=C/CCCCCC. The highest BCUT2D eigenvalue weighted by atomic mass is 16.6. The quantitative estimate of drug-likeness (QED) is 0.0283. The lowest BCUT2D eigenvalue weighted by Gasteiger charge is -2.31. The molecule has 0 aliphatic carbocycles. The highest BCUT2D eigenvalue weighted by Crippen LogP contribution is 2.15. The maximum atomic E-state index is 12.8. The molecule has 0 amide bonds. The number of nitrogens with zero attached hydrogens (tertiary/aromatic N) is 1. The summed E-state index contributed by atoms with van der Waals surface area (Å²) in [7, 11) is 5.53. The summed E-state index contributed by atoms with van der Waals surface area (Å²) in [6.07, 6.45) is 48.6. The van der Waals surface area contributed by atoms with E-state index < -0.39 is 18.1 Å². The molecule has 0 saturated heterocycles. The van der Waals surface area contributed by atoms with Crippen LogP contribution in [0.5, 0.6) is 0 Å². The number of carboxylic acids is 1. The molecule has 0 rings (SSSR count). The summed E-state index contributed by atoms with van der Waals surface area (Å²) >= 11 is 0. The number of unbranched alkanes of at least 4 members (excludes halogenated alkanes) is 20. The van der Waals surface area contributed by atoms with Gasteiger partial charge in [-0.2, -0.15) is 0 Å². The van der Waals surface area contributed by atoms with Crippen LogP contribution in [0.15, 0.2) is 48.6 Å². The molecule has 0 spiro atoms. The summed E-state index contributed by atoms with van der Waals surface area (Å²) in [5.41, 5.74) is 0. The monoisotopic (exact) mass is 817 g/mol. The molecule has 2 unspecified atom stereocenters. The van der Waals surface area contributed by atoms with E-state index in [1.165, 1.54) is 103 Å². The topological polar surface area (TPSA) is 99.1 Å². The molecule has 58 heavy (non-hydrogen) atoms. The van der Waals surface area contributed by atoms with Crippen molar-refractivity contribution in [3.63, 3.8) is 0 Å². The Morgan fingerprint density at radius 3 is 1.45 bits per heavy atom. The van der Waals surface area contributed by atoms with Gasteiger partial charge in [-0.3, -0.25) is 9.59 Å². The second-order valence-electron chi connectivity index (χ2n) is 17.0. The molecule has 0 aromatic heterocycles. The van der Waals surface area contributed by atoms with Crippen LogP contribution in [0.2, 0.25) is 0 Å². The maximum absolute atomic E-state index is 12.8. The van der Waals surface area contributed by atoms with Gasteiger partial charge in [-0.1, -0.05) is 159 Å². The third-order valence-electron chi connectivity index (χ3n) is 10.5. The molecule has 8 heteroatoms. The smallest absolute Gasteiger partial charge is 0.362 e. The molecule has 0 aliphatic rings. The van der Waals surface area contributed by atoms with E-state index in [-0.39, 0.29) is 36.2 Å². The van der Waals surface area contributed by atoms with Crippen molar-refractivity contribution in [3.05, 3.63) is 48.6 Å². The Bertz CT molecular complexity index is 1090. The average Bonchev–Trinajstić information content (AvgIpc) is 3.18. The van der Waals surface area contributed by atoms with E-state index in [4.69, 9.17) is 14.2 Å². The van der Waals surface area contributed by atoms with Crippen molar-refractivity contribution in [1.82, 2.24) is 0 Å². The van der Waals surface area contributed by atoms with Crippen LogP contribution in [-0.4, -0.2) is 80.6 Å². The zero-order valence-electron chi connectivity index (χ0n) is 38.2. The number of quaternary nitrogens is 1. The highest BCUT2D eigenvalue weighted by Gasteiger charge is 2.31. The van der Waals surface area contributed by atoms with Crippen LogP contribution in [0.4, 0.5) is 0 Å². The number of carbonyl (C=O) groups excluding carboxylic acids is 2. The van der Waals surface area contributed by atoms with E-state index in [2.05, 4.69) is 62.5 Å². The van der Waals surface area contributed by atoms with Crippen molar-refractivity contribution < 1.29 is 38.2 Å². The molecule has 0 aromatic rings. The summed E-state index contributed by atoms with van der Waals surface area (Å²) in [5, 5.41) is 9.63. The Labute approximate surface area is 356 Å². The predicted octanol–water partition coefficient (Wildman–Crippen LogP) is 13.2. The van der Waals surface area contributed by atoms with Crippen molar-refractivity contribution in [2.24, 2.45) is 0 Å². The molecule has 0 bridgehead atoms. The number of rotatable bonds is 42. The summed E-state index contributed by atoms with van der Waals surface area (Å²) in [6.45, 7) is 4.61. The lowest BCUT2D eigenvalue weighted by molar-refractivity contribution is -0.887. The van der Waals surface area contributed by atoms with Crippen LogP contribution in [0.1, 0.15) is 200 Å². The molecule has 0 heterocycles. The Balaban J connectivity index is 4.30. The van der Waals surface area contributed by atoms with Crippen molar-refractivity contribution in [2.45, 2.75) is 212 Å². The molecule has 336 valence electrons. The third kappa shape index (κ3) is 38.8. The summed E-state index contributed by atoms with van der Waals surface area (Å²) in [6, 6.07) is -0.616. The van der Waals surface area contributed by atoms with E-state index >= 15 is 0 Å². The van der Waals surface area contributed by atoms with Gasteiger partial charge in [-0.25, -0.2) is 4.79 Å². The van der Waals surface area contributed by atoms with E-state index in [1.807, 2.05) is 21.1 Å². The predicted molar refractivity (Wildman–Crippen MR) is 243 cm³/mol. The molecule has 0 radical (unpaired) electrons. The number of carbonyl (C=O) groups is 3. The molecule has 2 atom stereocenters. The second-order valence-corrected chi connectivity index (χ2v) is 17.0. The summed E-state index contributed by atoms with van der Waals surface area (Å²) < 4.78 is 17.3. The van der Waals surface area contributed by atoms with Crippen LogP contribution in [0.25, 0.3) is 0 Å². The lowest BCUT2D eigenvalue weighted by Crippen LogP contribution is -2.50. The summed E-state index contributed by atoms with van der Waals surface area (Å²) in [5.74, 6) is -1.48. The van der Waals surface area contributed by atoms with Crippen LogP contribution < -0.4 is 0 Å². The number of hydrogen-bond donors (Lipinski definition) is 1. The van der Waals surface area contributed by atoms with E-state index in [0.29, 0.717) is 19.3 Å². The van der Waals surface area contributed by atoms with Crippen LogP contribution in [0.3, 0.4) is 0 Å². The van der Waals surface area contributed by atoms with Gasteiger partial charge in [0.1, 0.15) is 6.61 Å². The average molecular weight is 817 g/mol. The number of ether oxygens (including phenoxy) is 3. The van der Waals surface area contributed by atoms with E-state index in [0.717, 1.165) is 64.2 Å². The molecular weight excluding hydrogens is 727 g/mol. The van der Waals surface area contributed by atoms with Gasteiger partial charge in [-0.05, 0) is 70.6 Å². The van der Waals surface area contributed by atoms with Crippen molar-refractivity contribution in [1.29, 1.82) is 0 Å². The molecule has 0 saturated carbocycles. The minimum absolute atomic E-state index is 0.0553. The fraction of sp³-hybridized carbons (Fsp3) is 0.780. The van der Waals surface area contributed by atoms with E-state index in [1.54, 1.807) is 0 Å². The minimum atomic E-state index is -0.877. The number of carboxylic acid groups (broad SMARTS) is 1. The van der Waals surface area contributed by atoms with Gasteiger partial charge in [0.2, 0.25) is 0 Å². The Hall–Kier alpha value is -2.71. The van der Waals surface area contributed by atoms with Gasteiger partial charge < -0.3 is 23.8 Å². The fourth-order valence-corrected chi connectivity index (χ4v) is 6.81. The minimum Gasteiger partial charge on any atom is -0.477 e. The zero-order valence-corrected chi connectivity index (χ0v) is 38.2. The highest BCUT2D eigenvalue weighted by molar-refractivity contribution is 5.72.